The van der Waals surface area contributed by atoms with E-state index in [2.05, 4.69) is 123 Å². The van der Waals surface area contributed by atoms with E-state index in [4.69, 9.17) is 9.47 Å². The third-order valence-corrected chi connectivity index (χ3v) is 12.1. The zero-order valence-electron chi connectivity index (χ0n) is 36.2. The summed E-state index contributed by atoms with van der Waals surface area (Å²) in [5.74, 6) is 0.560. The van der Waals surface area contributed by atoms with Crippen molar-refractivity contribution in [3.05, 3.63) is 221 Å². The minimum absolute atomic E-state index is 0.0735. The van der Waals surface area contributed by atoms with E-state index in [0.717, 1.165) is 56.1 Å². The molecule has 0 radical (unpaired) electrons. The molecule has 0 spiro atoms. The lowest BCUT2D eigenvalue weighted by molar-refractivity contribution is 0.0317. The van der Waals surface area contributed by atoms with Gasteiger partial charge < -0.3 is 19.3 Å². The fourth-order valence-corrected chi connectivity index (χ4v) is 9.26. The van der Waals surface area contributed by atoms with Crippen LogP contribution in [0.4, 0.5) is 9.59 Å². The number of hydrogen-bond donors (Lipinski definition) is 0. The van der Waals surface area contributed by atoms with Crippen LogP contribution in [0.2, 0.25) is 0 Å². The van der Waals surface area contributed by atoms with E-state index in [9.17, 15) is 9.59 Å². The van der Waals surface area contributed by atoms with E-state index < -0.39 is 0 Å². The van der Waals surface area contributed by atoms with Gasteiger partial charge in [-0.2, -0.15) is 0 Å². The van der Waals surface area contributed by atoms with Gasteiger partial charge in [-0.1, -0.05) is 194 Å². The average Bonchev–Trinajstić information content (AvgIpc) is 3.29. The zero-order valence-corrected chi connectivity index (χ0v) is 36.2. The molecule has 6 nitrogen and oxygen atoms in total. The molecule has 2 unspecified atom stereocenters. The zero-order chi connectivity index (χ0) is 42.9. The molecular weight excluding hydrogens is 765 g/mol. The Bertz CT molecular complexity index is 2270. The molecule has 2 aliphatic heterocycles. The lowest BCUT2D eigenvalue weighted by atomic mass is 9.81. The predicted molar refractivity (Wildman–Crippen MR) is 250 cm³/mol. The Balaban J connectivity index is 0.000000186. The Morgan fingerprint density at radius 1 is 0.468 bits per heavy atom. The van der Waals surface area contributed by atoms with Crippen molar-refractivity contribution in [1.29, 1.82) is 0 Å². The van der Waals surface area contributed by atoms with Crippen LogP contribution in [0.15, 0.2) is 188 Å². The van der Waals surface area contributed by atoms with Gasteiger partial charge in [0.1, 0.15) is 13.2 Å². The molecule has 6 aromatic carbocycles. The van der Waals surface area contributed by atoms with Gasteiger partial charge >= 0.3 is 12.2 Å². The molecule has 5 atom stereocenters. The van der Waals surface area contributed by atoms with Crippen molar-refractivity contribution < 1.29 is 19.1 Å². The first-order valence-electron chi connectivity index (χ1n) is 22.2. The molecule has 2 amide bonds. The van der Waals surface area contributed by atoms with Crippen LogP contribution in [0.3, 0.4) is 0 Å². The molecule has 0 bridgehead atoms. The van der Waals surface area contributed by atoms with Crippen LogP contribution in [0.25, 0.3) is 6.08 Å². The summed E-state index contributed by atoms with van der Waals surface area (Å²) in [6, 6.07) is 62.2. The van der Waals surface area contributed by atoms with Gasteiger partial charge in [0.15, 0.2) is 0 Å². The number of carbonyl (C=O) groups excluding carboxylic acids is 2. The molecule has 0 aromatic heterocycles. The van der Waals surface area contributed by atoms with Crippen molar-refractivity contribution >= 4 is 18.3 Å². The molecule has 2 saturated heterocycles. The summed E-state index contributed by atoms with van der Waals surface area (Å²) in [5, 5.41) is 0. The van der Waals surface area contributed by atoms with E-state index in [1.807, 2.05) is 88.7 Å². The summed E-state index contributed by atoms with van der Waals surface area (Å²) >= 11 is 0. The number of hydrogen-bond acceptors (Lipinski definition) is 4. The number of piperidine rings is 2. The van der Waals surface area contributed by atoms with E-state index in [0.29, 0.717) is 19.1 Å². The van der Waals surface area contributed by atoms with Gasteiger partial charge in [-0.25, -0.2) is 9.59 Å². The first-order chi connectivity index (χ1) is 30.4. The lowest BCUT2D eigenvalue weighted by Gasteiger charge is -2.43. The maximum atomic E-state index is 13.2. The molecule has 6 heteroatoms. The molecule has 318 valence electrons. The maximum absolute atomic E-state index is 13.2. The second-order valence-corrected chi connectivity index (χ2v) is 16.9. The Labute approximate surface area is 368 Å². The van der Waals surface area contributed by atoms with Crippen molar-refractivity contribution in [2.45, 2.75) is 96.2 Å². The Morgan fingerprint density at radius 2 is 0.855 bits per heavy atom. The van der Waals surface area contributed by atoms with Gasteiger partial charge in [-0.05, 0) is 98.1 Å². The Hall–Kier alpha value is -6.40. The molecule has 6 aromatic rings. The summed E-state index contributed by atoms with van der Waals surface area (Å²) in [4.78, 5) is 30.2. The molecule has 8 rings (SSSR count). The molecule has 2 heterocycles. The van der Waals surface area contributed by atoms with E-state index >= 15 is 0 Å². The maximum Gasteiger partial charge on any atom is 0.410 e. The van der Waals surface area contributed by atoms with Crippen LogP contribution >= 0.6 is 0 Å². The van der Waals surface area contributed by atoms with E-state index in [-0.39, 0.29) is 36.4 Å². The second-order valence-electron chi connectivity index (χ2n) is 16.9. The number of ether oxygens (including phenoxy) is 2. The summed E-state index contributed by atoms with van der Waals surface area (Å²) in [5.41, 5.74) is 8.49. The molecule has 0 saturated carbocycles. The van der Waals surface area contributed by atoms with Crippen LogP contribution in [-0.4, -0.2) is 46.2 Å². The van der Waals surface area contributed by atoms with Crippen LogP contribution in [0, 0.1) is 5.92 Å². The highest BCUT2D eigenvalue weighted by molar-refractivity contribution is 5.70. The fraction of sp³-hybridized carbons (Fsp3) is 0.286. The normalized spacial score (nSPS) is 20.4. The number of nitrogens with zero attached hydrogens (tertiary/aromatic N) is 2. The third-order valence-electron chi connectivity index (χ3n) is 12.1. The minimum Gasteiger partial charge on any atom is -0.445 e. The van der Waals surface area contributed by atoms with Crippen molar-refractivity contribution in [1.82, 2.24) is 9.80 Å². The summed E-state index contributed by atoms with van der Waals surface area (Å²) < 4.78 is 11.5. The number of likely N-dealkylation sites (tertiary alicyclic amines) is 2. The fourth-order valence-electron chi connectivity index (χ4n) is 9.26. The average molecular weight is 825 g/mol. The monoisotopic (exact) mass is 824 g/mol. The van der Waals surface area contributed by atoms with Gasteiger partial charge in [0, 0.05) is 24.2 Å². The summed E-state index contributed by atoms with van der Waals surface area (Å²) in [7, 11) is 0. The smallest absolute Gasteiger partial charge is 0.410 e. The quantitative estimate of drug-likeness (QED) is 0.131. The van der Waals surface area contributed by atoms with Gasteiger partial charge in [-0.3, -0.25) is 0 Å². The largest absolute Gasteiger partial charge is 0.445 e. The molecule has 0 N–H and O–H groups in total. The van der Waals surface area contributed by atoms with Crippen molar-refractivity contribution in [3.8, 4) is 0 Å². The molecule has 2 fully saturated rings. The highest BCUT2D eigenvalue weighted by atomic mass is 16.6. The molecule has 2 aliphatic rings. The minimum atomic E-state index is -0.226. The first kappa shape index (κ1) is 43.7. The Kier molecular flexibility index (Phi) is 15.8. The van der Waals surface area contributed by atoms with Gasteiger partial charge in [0.05, 0.1) is 0 Å². The summed E-state index contributed by atoms with van der Waals surface area (Å²) in [6.45, 7) is 4.90. The van der Waals surface area contributed by atoms with Crippen molar-refractivity contribution in [2.75, 3.05) is 0 Å². The van der Waals surface area contributed by atoms with E-state index in [1.165, 1.54) is 27.8 Å². The lowest BCUT2D eigenvalue weighted by Crippen LogP contribution is -2.52. The third kappa shape index (κ3) is 12.8. The number of amides is 2. The van der Waals surface area contributed by atoms with Gasteiger partial charge in [0.2, 0.25) is 0 Å². The topological polar surface area (TPSA) is 59.1 Å². The van der Waals surface area contributed by atoms with E-state index in [1.54, 1.807) is 0 Å². The Morgan fingerprint density at radius 3 is 1.32 bits per heavy atom. The molecule has 0 aliphatic carbocycles. The highest BCUT2D eigenvalue weighted by Gasteiger charge is 2.38. The first-order valence-corrected chi connectivity index (χ1v) is 22.2. The van der Waals surface area contributed by atoms with Crippen LogP contribution < -0.4 is 0 Å². The SMILES string of the molecule is CC1C/C(=C\c2ccccc2)C[C@H](Cc2ccccc2)N1C(=O)OCc1ccccc1.CC1C[C@H](Cc2ccccc2)C[C@H](Cc2ccccc2)N1C(=O)OCc1ccccc1. The van der Waals surface area contributed by atoms with Gasteiger partial charge in [0.25, 0.3) is 0 Å². The predicted octanol–water partition coefficient (Wildman–Crippen LogP) is 12.8. The number of rotatable bonds is 11. The second kappa shape index (κ2) is 22.4. The van der Waals surface area contributed by atoms with Crippen molar-refractivity contribution in [3.63, 3.8) is 0 Å². The highest BCUT2D eigenvalue weighted by Crippen LogP contribution is 2.34. The van der Waals surface area contributed by atoms with Crippen LogP contribution in [-0.2, 0) is 41.9 Å². The van der Waals surface area contributed by atoms with Crippen molar-refractivity contribution in [2.24, 2.45) is 5.92 Å². The molecular formula is C56H60N2O4. The number of carbonyl (C=O) groups is 2. The standard InChI is InChI=1S/C28H31NO2.C28H29NO2/c2*1-22-17-26(18-23-11-5-2-6-12-23)20-27(19-24-13-7-3-8-14-24)29(22)28(30)31-21-25-15-9-4-10-16-25/h2-16,22,26-27H,17-21H2,1H3;2-16,18,22,27H,17,19-21H2,1H3/b;26-18+/t22?,26-,27+;22?,27-/m10/s1. The number of benzene rings is 6. The van der Waals surface area contributed by atoms with Crippen LogP contribution in [0.5, 0.6) is 0 Å². The van der Waals surface area contributed by atoms with Gasteiger partial charge in [-0.15, -0.1) is 0 Å². The van der Waals surface area contributed by atoms with Crippen LogP contribution in [0.1, 0.15) is 72.9 Å². The summed E-state index contributed by atoms with van der Waals surface area (Å²) in [6.07, 6.45) is 8.30. The molecule has 62 heavy (non-hydrogen) atoms.